The van der Waals surface area contributed by atoms with Crippen molar-refractivity contribution in [2.75, 3.05) is 28.8 Å². The molecule has 2 aromatic heterocycles. The van der Waals surface area contributed by atoms with Gasteiger partial charge >= 0.3 is 11.9 Å². The first kappa shape index (κ1) is 28.9. The maximum absolute atomic E-state index is 12.9. The summed E-state index contributed by atoms with van der Waals surface area (Å²) in [6, 6.07) is 2.37. The van der Waals surface area contributed by atoms with Crippen molar-refractivity contribution in [1.29, 1.82) is 0 Å². The van der Waals surface area contributed by atoms with Gasteiger partial charge in [0.05, 0.1) is 5.75 Å². The SMILES string of the molecule is Nc1nc(SCC=CC2=C(C(=O)O)N3C(=O)[C@@H](NC(=O)CSc4cc(Cl)nc(Cl)c4)[C@H]3SC2)c2c([n+]1N)CCC2. The fourth-order valence-corrected chi connectivity index (χ4v) is 8.27. The molecule has 210 valence electrons. The van der Waals surface area contributed by atoms with Crippen LogP contribution in [0.2, 0.25) is 10.3 Å². The second-order valence-corrected chi connectivity index (χ2v) is 12.9. The third-order valence-corrected chi connectivity index (χ3v) is 10.1. The Morgan fingerprint density at radius 2 is 2.00 bits per heavy atom. The van der Waals surface area contributed by atoms with Gasteiger partial charge in [-0.05, 0) is 30.5 Å². The van der Waals surface area contributed by atoms with Crippen LogP contribution >= 0.6 is 58.5 Å². The number of nitrogen functional groups attached to an aromatic ring is 2. The summed E-state index contributed by atoms with van der Waals surface area (Å²) in [6.07, 6.45) is 6.32. The number of nitrogens with zero attached hydrogens (tertiary/aromatic N) is 4. The van der Waals surface area contributed by atoms with E-state index in [9.17, 15) is 19.5 Å². The van der Waals surface area contributed by atoms with Gasteiger partial charge in [0.2, 0.25) is 5.91 Å². The average molecular weight is 642 g/mol. The third-order valence-electron chi connectivity index (χ3n) is 6.46. The van der Waals surface area contributed by atoms with Gasteiger partial charge < -0.3 is 10.4 Å². The number of thioether (sulfide) groups is 3. The Kier molecular flexibility index (Phi) is 8.71. The zero-order chi connectivity index (χ0) is 28.6. The number of nitrogens with one attached hydrogen (secondary N) is 1. The summed E-state index contributed by atoms with van der Waals surface area (Å²) in [5, 5.41) is 13.4. The molecule has 11 nitrogen and oxygen atoms in total. The lowest BCUT2D eigenvalue weighted by molar-refractivity contribution is -0.634. The van der Waals surface area contributed by atoms with E-state index in [0.29, 0.717) is 22.0 Å². The van der Waals surface area contributed by atoms with E-state index in [0.717, 1.165) is 35.5 Å². The first-order chi connectivity index (χ1) is 19.1. The van der Waals surface area contributed by atoms with Crippen molar-refractivity contribution >= 4 is 82.2 Å². The molecule has 4 heterocycles. The van der Waals surface area contributed by atoms with Crippen LogP contribution in [-0.2, 0) is 27.2 Å². The smallest absolute Gasteiger partial charge is 0.412 e. The molecular weight excluding hydrogens is 617 g/mol. The molecule has 1 aliphatic carbocycles. The van der Waals surface area contributed by atoms with E-state index >= 15 is 0 Å². The largest absolute Gasteiger partial charge is 0.477 e. The van der Waals surface area contributed by atoms with Gasteiger partial charge in [-0.25, -0.2) is 9.78 Å². The lowest BCUT2D eigenvalue weighted by atomic mass is 10.0. The molecule has 0 unspecified atom stereocenters. The molecular formula is C24H24Cl2N7O4S3+. The highest BCUT2D eigenvalue weighted by atomic mass is 35.5. The maximum atomic E-state index is 12.9. The zero-order valence-corrected chi connectivity index (χ0v) is 24.8. The minimum atomic E-state index is -1.19. The summed E-state index contributed by atoms with van der Waals surface area (Å²) < 4.78 is 1.44. The van der Waals surface area contributed by atoms with E-state index in [1.807, 2.05) is 6.08 Å². The number of aromatic nitrogens is 3. The number of fused-ring (bicyclic) bond motifs is 2. The van der Waals surface area contributed by atoms with E-state index in [1.54, 1.807) is 18.2 Å². The van der Waals surface area contributed by atoms with Crippen molar-refractivity contribution in [1.82, 2.24) is 20.2 Å². The Balaban J connectivity index is 1.20. The van der Waals surface area contributed by atoms with Crippen LogP contribution in [0.3, 0.4) is 0 Å². The Morgan fingerprint density at radius 3 is 2.73 bits per heavy atom. The first-order valence-corrected chi connectivity index (χ1v) is 15.9. The van der Waals surface area contributed by atoms with Crippen molar-refractivity contribution in [3.63, 3.8) is 0 Å². The van der Waals surface area contributed by atoms with Crippen molar-refractivity contribution in [3.8, 4) is 0 Å². The Morgan fingerprint density at radius 1 is 1.25 bits per heavy atom. The minimum Gasteiger partial charge on any atom is -0.477 e. The van der Waals surface area contributed by atoms with Crippen LogP contribution < -0.4 is 21.6 Å². The number of β-lactam (4-membered cyclic amide) rings is 1. The zero-order valence-electron chi connectivity index (χ0n) is 20.8. The molecule has 0 saturated carbocycles. The molecule has 2 atom stereocenters. The van der Waals surface area contributed by atoms with E-state index in [-0.39, 0.29) is 33.6 Å². The van der Waals surface area contributed by atoms with Gasteiger partial charge in [-0.2, -0.15) is 0 Å². The predicted octanol–water partition coefficient (Wildman–Crippen LogP) is 2.03. The summed E-state index contributed by atoms with van der Waals surface area (Å²) in [4.78, 5) is 47.8. The molecule has 5 rings (SSSR count). The van der Waals surface area contributed by atoms with Crippen LogP contribution in [-0.4, -0.2) is 66.4 Å². The standard InChI is InChI=1S/C24H23Cl2N7O4S3/c25-15-7-12(8-16(26)29-15)39-10-17(34)30-18-21(35)32-19(23(36)37)11(9-40-22(18)32)3-2-6-38-20-13-4-1-5-14(13)33(28)24(27)31-20/h2-3,7-8,18,22,27H,1,4-6,9-10,28H2,(H2,30,34,36,37)/p+1/t18-,22-/m1/s1. The fourth-order valence-electron chi connectivity index (χ4n) is 4.69. The van der Waals surface area contributed by atoms with Gasteiger partial charge in [-0.3, -0.25) is 26.1 Å². The lowest BCUT2D eigenvalue weighted by Gasteiger charge is -2.49. The number of carboxylic acid groups (broad SMARTS) is 1. The number of carbonyl (C=O) groups is 3. The Labute approximate surface area is 252 Å². The van der Waals surface area contributed by atoms with Crippen molar-refractivity contribution in [2.45, 2.75) is 40.6 Å². The molecule has 2 aliphatic heterocycles. The third kappa shape index (κ3) is 5.86. The minimum absolute atomic E-state index is 0.0293. The number of anilines is 1. The molecule has 1 saturated heterocycles. The number of hydrogen-bond donors (Lipinski definition) is 4. The van der Waals surface area contributed by atoms with Crippen LogP contribution in [0.4, 0.5) is 5.95 Å². The molecule has 2 amide bonds. The fraction of sp³-hybridized carbons (Fsp3) is 0.333. The van der Waals surface area contributed by atoms with Gasteiger partial charge in [0, 0.05) is 28.4 Å². The van der Waals surface area contributed by atoms with E-state index < -0.39 is 23.3 Å². The lowest BCUT2D eigenvalue weighted by Crippen LogP contribution is -2.70. The van der Waals surface area contributed by atoms with Gasteiger partial charge in [-0.15, -0.1) is 28.2 Å². The molecule has 0 bridgehead atoms. The second kappa shape index (κ2) is 12.1. The molecule has 2 aromatic rings. The number of pyridine rings is 1. The number of hydrogen-bond acceptors (Lipinski definition) is 10. The molecule has 16 heteroatoms. The molecule has 40 heavy (non-hydrogen) atoms. The summed E-state index contributed by atoms with van der Waals surface area (Å²) in [7, 11) is 0. The second-order valence-electron chi connectivity index (χ2n) is 9.01. The van der Waals surface area contributed by atoms with Gasteiger partial charge in [0.1, 0.15) is 33.1 Å². The van der Waals surface area contributed by atoms with Crippen molar-refractivity contribution < 1.29 is 24.2 Å². The Bertz CT molecular complexity index is 1450. The van der Waals surface area contributed by atoms with Crippen LogP contribution in [0.25, 0.3) is 0 Å². The predicted molar refractivity (Wildman–Crippen MR) is 156 cm³/mol. The quantitative estimate of drug-likeness (QED) is 0.0790. The van der Waals surface area contributed by atoms with E-state index in [2.05, 4.69) is 15.3 Å². The van der Waals surface area contributed by atoms with Gasteiger partial charge in [0.25, 0.3) is 5.91 Å². The summed E-state index contributed by atoms with van der Waals surface area (Å²) in [5.74, 6) is 5.18. The number of carboxylic acids is 1. The number of halogens is 2. The average Bonchev–Trinajstić information content (AvgIpc) is 3.40. The number of allylic oxidation sites excluding steroid dienone is 1. The van der Waals surface area contributed by atoms with Crippen LogP contribution in [0.1, 0.15) is 17.7 Å². The molecule has 0 aromatic carbocycles. The topological polar surface area (TPSA) is 168 Å². The molecule has 6 N–H and O–H groups in total. The monoisotopic (exact) mass is 640 g/mol. The molecule has 0 radical (unpaired) electrons. The van der Waals surface area contributed by atoms with Crippen LogP contribution in [0, 0.1) is 0 Å². The number of aliphatic carboxylic acids is 1. The molecule has 0 spiro atoms. The molecule has 1 fully saturated rings. The number of carbonyl (C=O) groups excluding carboxylic acids is 2. The van der Waals surface area contributed by atoms with Crippen molar-refractivity contribution in [3.05, 3.63) is 57.1 Å². The summed E-state index contributed by atoms with van der Waals surface area (Å²) >= 11 is 15.9. The van der Waals surface area contributed by atoms with Gasteiger partial charge in [0.15, 0.2) is 5.03 Å². The van der Waals surface area contributed by atoms with E-state index in [1.165, 1.54) is 44.9 Å². The molecule has 3 aliphatic rings. The van der Waals surface area contributed by atoms with Crippen LogP contribution in [0.15, 0.2) is 45.5 Å². The summed E-state index contributed by atoms with van der Waals surface area (Å²) in [6.45, 7) is 0. The highest BCUT2D eigenvalue weighted by Crippen LogP contribution is 2.41. The van der Waals surface area contributed by atoms with Crippen LogP contribution in [0.5, 0.6) is 0 Å². The number of amides is 2. The maximum Gasteiger partial charge on any atom is 0.412 e. The number of nitrogens with two attached hydrogens (primary N) is 2. The highest BCUT2D eigenvalue weighted by molar-refractivity contribution is 8.00. The number of rotatable bonds is 9. The van der Waals surface area contributed by atoms with Crippen molar-refractivity contribution in [2.24, 2.45) is 0 Å². The Hall–Kier alpha value is -2.65. The highest BCUT2D eigenvalue weighted by Gasteiger charge is 2.53. The van der Waals surface area contributed by atoms with E-state index in [4.69, 9.17) is 34.8 Å². The summed E-state index contributed by atoms with van der Waals surface area (Å²) in [5.41, 5.74) is 8.51. The van der Waals surface area contributed by atoms with Gasteiger partial charge in [-0.1, -0.05) is 52.1 Å². The first-order valence-electron chi connectivity index (χ1n) is 12.1. The normalized spacial score (nSPS) is 19.9.